The molecule has 3 aromatic heterocycles. The molecule has 15 rings (SSSR count). The van der Waals surface area contributed by atoms with Gasteiger partial charge in [-0.05, 0) is 166 Å². The van der Waals surface area contributed by atoms with Crippen LogP contribution in [0.25, 0.3) is 15.8 Å². The lowest BCUT2D eigenvalue weighted by Crippen LogP contribution is -2.56. The molecule has 8 aliphatic carbocycles. The molecule has 5 heterocycles. The average Bonchev–Trinajstić information content (AvgIpc) is 1.90. The Hall–Kier alpha value is -6.19. The predicted octanol–water partition coefficient (Wildman–Crippen LogP) is 10.9. The minimum Gasteiger partial charge on any atom is -0.507 e. The van der Waals surface area contributed by atoms with Crippen molar-refractivity contribution in [3.63, 3.8) is 0 Å². The molecule has 9 N–H and O–H groups in total. The highest BCUT2D eigenvalue weighted by Gasteiger charge is 2.78. The van der Waals surface area contributed by atoms with E-state index in [9.17, 15) is 15.3 Å². The lowest BCUT2D eigenvalue weighted by atomic mass is 9.45. The molecule has 10 aliphatic rings. The molecule has 4 fully saturated rings. The number of H-pyrrole nitrogens is 1. The number of anilines is 1. The van der Waals surface area contributed by atoms with E-state index < -0.39 is 33.3 Å². The van der Waals surface area contributed by atoms with E-state index in [0.29, 0.717) is 37.2 Å². The first-order valence-electron chi connectivity index (χ1n) is 29.9. The van der Waals surface area contributed by atoms with E-state index in [4.69, 9.17) is 10.7 Å². The third-order valence-corrected chi connectivity index (χ3v) is 24.1. The molecule has 0 radical (unpaired) electrons. The van der Waals surface area contributed by atoms with Gasteiger partial charge in [0.25, 0.3) is 0 Å². The number of aliphatic imine (C=N–C) groups is 1. The number of allylic oxidation sites excluding steroid dienone is 3. The smallest absolute Gasteiger partial charge is 0.189 e. The van der Waals surface area contributed by atoms with Gasteiger partial charge in [0.15, 0.2) is 11.7 Å². The van der Waals surface area contributed by atoms with Crippen molar-refractivity contribution in [3.8, 4) is 39.2 Å². The predicted molar refractivity (Wildman–Crippen MR) is 324 cm³/mol. The molecule has 4 spiro atoms. The Morgan fingerprint density at radius 1 is 1.00 bits per heavy atom. The Labute approximate surface area is 484 Å². The summed E-state index contributed by atoms with van der Waals surface area (Å²) in [4.78, 5) is 33.9. The number of nitrogens with two attached hydrogens (primary N) is 1. The van der Waals surface area contributed by atoms with Crippen LogP contribution >= 0.6 is 22.7 Å². The molecule has 81 heavy (non-hydrogen) atoms. The van der Waals surface area contributed by atoms with E-state index in [2.05, 4.69) is 116 Å². The van der Waals surface area contributed by atoms with Crippen LogP contribution in [0.5, 0.6) is 5.75 Å². The molecular formula is C68H75N7O4S2. The molecule has 5 aromatic rings. The number of thiophene rings is 2. The molecule has 2 aliphatic heterocycles. The summed E-state index contributed by atoms with van der Waals surface area (Å²) in [6.45, 7) is 4.59. The zero-order chi connectivity index (χ0) is 55.5. The number of hydrogen-bond donors (Lipinski definition) is 8. The van der Waals surface area contributed by atoms with E-state index in [-0.39, 0.29) is 65.7 Å². The molecule has 4 saturated carbocycles. The van der Waals surface area contributed by atoms with Gasteiger partial charge in [0.2, 0.25) is 0 Å². The largest absolute Gasteiger partial charge is 0.507 e. The maximum atomic E-state index is 16.4. The number of aliphatic hydroxyl groups excluding tert-OH is 1. The summed E-state index contributed by atoms with van der Waals surface area (Å²) >= 11 is 3.28. The van der Waals surface area contributed by atoms with E-state index in [0.717, 1.165) is 117 Å². The number of phenolic OH excluding ortho intramolecular Hbond substituents is 1. The second-order valence-electron chi connectivity index (χ2n) is 25.9. The van der Waals surface area contributed by atoms with Gasteiger partial charge >= 0.3 is 0 Å². The van der Waals surface area contributed by atoms with Crippen molar-refractivity contribution in [1.29, 1.82) is 0 Å². The number of phenols is 1. The fraction of sp³-hybridized carbons (Fsp3) is 0.485. The highest BCUT2D eigenvalue weighted by atomic mass is 32.1. The van der Waals surface area contributed by atoms with Crippen LogP contribution in [-0.2, 0) is 19.3 Å². The van der Waals surface area contributed by atoms with Crippen molar-refractivity contribution in [2.24, 2.45) is 62.0 Å². The van der Waals surface area contributed by atoms with Gasteiger partial charge in [0.05, 0.1) is 45.0 Å². The number of guanidine groups is 1. The van der Waals surface area contributed by atoms with Crippen LogP contribution in [0.2, 0.25) is 0 Å². The maximum Gasteiger partial charge on any atom is 0.189 e. The fourth-order valence-corrected chi connectivity index (χ4v) is 20.5. The number of aromatic nitrogens is 2. The van der Waals surface area contributed by atoms with Crippen LogP contribution in [0, 0.1) is 74.9 Å². The quantitative estimate of drug-likeness (QED) is 0.0222. The van der Waals surface area contributed by atoms with Gasteiger partial charge in [0, 0.05) is 81.3 Å². The number of hydrogen-bond acceptors (Lipinski definition) is 10. The van der Waals surface area contributed by atoms with Gasteiger partial charge in [-0.2, -0.15) is 0 Å². The number of ketones is 1. The molecule has 13 atom stereocenters. The first kappa shape index (κ1) is 52.9. The van der Waals surface area contributed by atoms with Gasteiger partial charge in [-0.1, -0.05) is 91.7 Å². The zero-order valence-electron chi connectivity index (χ0n) is 46.8. The number of imidazole rings is 1. The second kappa shape index (κ2) is 20.0. The minimum atomic E-state index is -1.27. The number of Topliss-reactive ketones (excluding diaryl/α,β-unsaturated/α-hetero) is 1. The Morgan fingerprint density at radius 2 is 1.85 bits per heavy atom. The van der Waals surface area contributed by atoms with E-state index in [1.165, 1.54) is 12.0 Å². The Bertz CT molecular complexity index is 3580. The third kappa shape index (κ3) is 8.25. The van der Waals surface area contributed by atoms with Crippen molar-refractivity contribution in [1.82, 2.24) is 20.6 Å². The summed E-state index contributed by atoms with van der Waals surface area (Å²) in [7, 11) is 2.03. The van der Waals surface area contributed by atoms with Crippen molar-refractivity contribution in [2.75, 3.05) is 25.5 Å². The monoisotopic (exact) mass is 1120 g/mol. The van der Waals surface area contributed by atoms with Crippen LogP contribution in [0.15, 0.2) is 96.4 Å². The van der Waals surface area contributed by atoms with Crippen LogP contribution in [0.4, 0.5) is 5.69 Å². The van der Waals surface area contributed by atoms with E-state index in [1.54, 1.807) is 29.0 Å². The summed E-state index contributed by atoms with van der Waals surface area (Å²) in [6.07, 6.45) is 29.5. The van der Waals surface area contributed by atoms with Gasteiger partial charge in [0.1, 0.15) is 5.75 Å². The number of nitrogens with zero attached hydrogens (tertiary/aromatic N) is 2. The van der Waals surface area contributed by atoms with Gasteiger partial charge in [-0.3, -0.25) is 4.79 Å². The van der Waals surface area contributed by atoms with Crippen molar-refractivity contribution in [3.05, 3.63) is 140 Å². The summed E-state index contributed by atoms with van der Waals surface area (Å²) < 4.78 is 0. The summed E-state index contributed by atoms with van der Waals surface area (Å²) in [6, 6.07) is 16.3. The number of carbonyl (C=O) groups excluding carboxylic acids is 1. The van der Waals surface area contributed by atoms with Crippen LogP contribution < -0.4 is 21.7 Å². The zero-order valence-corrected chi connectivity index (χ0v) is 48.4. The Kier molecular flexibility index (Phi) is 13.1. The lowest BCUT2D eigenvalue weighted by Gasteiger charge is -2.58. The van der Waals surface area contributed by atoms with E-state index in [1.807, 2.05) is 45.3 Å². The Morgan fingerprint density at radius 3 is 2.67 bits per heavy atom. The van der Waals surface area contributed by atoms with Crippen LogP contribution in [-0.4, -0.2) is 81.0 Å². The molecular weight excluding hydrogens is 1040 g/mol. The van der Waals surface area contributed by atoms with Crippen molar-refractivity contribution >= 4 is 46.2 Å². The highest BCUT2D eigenvalue weighted by molar-refractivity contribution is 7.23. The fourth-order valence-electron chi connectivity index (χ4n) is 18.5. The third-order valence-electron chi connectivity index (χ3n) is 21.8. The first-order chi connectivity index (χ1) is 39.3. The topological polar surface area (TPSA) is 181 Å². The van der Waals surface area contributed by atoms with Gasteiger partial charge in [-0.25, -0.2) is 9.98 Å². The molecule has 2 aromatic carbocycles. The number of aliphatic hydroxyl groups is 2. The number of aromatic amines is 1. The molecule has 418 valence electrons. The molecule has 0 unspecified atom stereocenters. The number of fused-ring (bicyclic) bond motifs is 5. The maximum absolute atomic E-state index is 16.4. The normalized spacial score (nSPS) is 34.8. The number of nitrogens with one attached hydrogen (secondary N) is 4. The summed E-state index contributed by atoms with van der Waals surface area (Å²) in [5.41, 5.74) is 11.1. The first-order valence-corrected chi connectivity index (χ1v) is 31.5. The minimum absolute atomic E-state index is 0.0295. The molecule has 11 nitrogen and oxygen atoms in total. The summed E-state index contributed by atoms with van der Waals surface area (Å²) in [5, 5.41) is 48.7. The van der Waals surface area contributed by atoms with Gasteiger partial charge in [-0.15, -0.1) is 28.6 Å². The number of carbonyl (C=O) groups is 1. The number of rotatable bonds is 10. The molecule has 0 saturated heterocycles. The van der Waals surface area contributed by atoms with Crippen molar-refractivity contribution < 1.29 is 20.1 Å². The average molecular weight is 1120 g/mol. The molecule has 13 heteroatoms. The summed E-state index contributed by atoms with van der Waals surface area (Å²) in [5.74, 6) is 14.5. The highest BCUT2D eigenvalue weighted by Crippen LogP contribution is 2.83. The second-order valence-corrected chi connectivity index (χ2v) is 28.0. The molecule has 0 amide bonds. The number of benzene rings is 2. The Balaban J connectivity index is 1.04. The molecule has 10 bridgehead atoms. The SMILES string of the molecule is CC#Cc1ccc(-c2ccc(C(=O)[C@@H]3CC[C@]45C=C[C@H]6[C@]3(C4)C[C@@]3(CC[C@@H](CNC)[C@H]3CO)[C@@]63C=C[C@H]4c6cccc(c6Cc6cnc[nH]6)C[C@](C)(O)[C@H]6C=Cc7c(O)cc(c(c7N6)C#C[C@H]43)C[C@H]5N=C(N)NC3CCCCC3)s2)s1. The van der Waals surface area contributed by atoms with E-state index >= 15 is 4.79 Å². The lowest BCUT2D eigenvalue weighted by molar-refractivity contribution is -0.0270. The van der Waals surface area contributed by atoms with Crippen LogP contribution in [0.3, 0.4) is 0 Å². The van der Waals surface area contributed by atoms with Gasteiger partial charge < -0.3 is 42.0 Å². The standard InChI is InChI=1S/C68H75N7O4S2/c1-4-9-45-14-18-55(80-45)56-19-20-57(81-56)62(78)52-24-26-65-27-25-58-66(52,37-65)38-67(28-22-41(34-70-3)53(67)36-76)68(58)29-23-48-47-13-8-10-40(50(47)32-44-35-71-39-72-44)33-64(2,79)59-21-16-49-54(77)30-42(46(61(49)74-59)15-17-51(48)68)31-60(65)75-63(69)73-43-11-6-5-7-12-43/h8,10,13-14,16,18-21,23,25,27,29-30,35,39,41,43,48,51-53,58-60,70,74,76-77,79H,5-7,11-12,22,24,26,28,31-34,36-38H2,1-3H3,(H,71,72)(H3,69,73,75)/t41-,48-,51+,52-,53+,58-,59+,60+,64-,65-,66+,67+,68+/m0/s1. The van der Waals surface area contributed by atoms with Crippen LogP contribution in [0.1, 0.15) is 144 Å². The number of aromatic hydroxyl groups is 1. The van der Waals surface area contributed by atoms with Crippen molar-refractivity contribution in [2.45, 2.75) is 133 Å².